The summed E-state index contributed by atoms with van der Waals surface area (Å²) in [6, 6.07) is 5.94. The van der Waals surface area contributed by atoms with E-state index in [-0.39, 0.29) is 11.6 Å². The van der Waals surface area contributed by atoms with Gasteiger partial charge >= 0.3 is 0 Å². The van der Waals surface area contributed by atoms with Crippen LogP contribution in [0.1, 0.15) is 30.1 Å². The van der Waals surface area contributed by atoms with Gasteiger partial charge in [0.25, 0.3) is 0 Å². The molecule has 1 atom stereocenters. The van der Waals surface area contributed by atoms with Gasteiger partial charge in [0, 0.05) is 25.1 Å². The van der Waals surface area contributed by atoms with Crippen molar-refractivity contribution in [1.29, 1.82) is 0 Å². The smallest absolute Gasteiger partial charge is 0.164 e. The maximum absolute atomic E-state index is 13.0. The number of rotatable bonds is 4. The molecule has 3 heteroatoms. The van der Waals surface area contributed by atoms with Crippen molar-refractivity contribution in [3.8, 4) is 0 Å². The summed E-state index contributed by atoms with van der Waals surface area (Å²) in [6.45, 7) is 5.18. The molecule has 2 rings (SSSR count). The van der Waals surface area contributed by atoms with Crippen molar-refractivity contribution in [2.75, 3.05) is 19.6 Å². The first-order valence-corrected chi connectivity index (χ1v) is 6.16. The van der Waals surface area contributed by atoms with E-state index in [9.17, 15) is 9.18 Å². The van der Waals surface area contributed by atoms with E-state index in [1.807, 2.05) is 0 Å². The van der Waals surface area contributed by atoms with Gasteiger partial charge in [0.1, 0.15) is 5.82 Å². The first-order valence-electron chi connectivity index (χ1n) is 6.16. The zero-order chi connectivity index (χ0) is 12.3. The molecule has 0 aromatic heterocycles. The van der Waals surface area contributed by atoms with Crippen molar-refractivity contribution < 1.29 is 9.18 Å². The van der Waals surface area contributed by atoms with Gasteiger partial charge in [-0.2, -0.15) is 0 Å². The van der Waals surface area contributed by atoms with Crippen molar-refractivity contribution in [2.24, 2.45) is 5.92 Å². The lowest BCUT2D eigenvalue weighted by atomic mass is 10.1. The molecule has 92 valence electrons. The van der Waals surface area contributed by atoms with Crippen LogP contribution in [0.5, 0.6) is 0 Å². The zero-order valence-corrected chi connectivity index (χ0v) is 10.2. The van der Waals surface area contributed by atoms with E-state index in [0.29, 0.717) is 12.0 Å². The Morgan fingerprint density at radius 2 is 2.35 bits per heavy atom. The van der Waals surface area contributed by atoms with E-state index < -0.39 is 0 Å². The summed E-state index contributed by atoms with van der Waals surface area (Å²) < 4.78 is 13.0. The Morgan fingerprint density at radius 3 is 3.00 bits per heavy atom. The molecule has 1 aromatic carbocycles. The summed E-state index contributed by atoms with van der Waals surface area (Å²) in [5.41, 5.74) is 0.484. The molecular weight excluding hydrogens is 217 g/mol. The van der Waals surface area contributed by atoms with E-state index in [2.05, 4.69) is 11.8 Å². The number of halogens is 1. The van der Waals surface area contributed by atoms with Crippen LogP contribution in [-0.2, 0) is 0 Å². The predicted molar refractivity (Wildman–Crippen MR) is 65.6 cm³/mol. The number of carbonyl (C=O) groups excluding carboxylic acids is 1. The van der Waals surface area contributed by atoms with Crippen molar-refractivity contribution in [2.45, 2.75) is 19.8 Å². The summed E-state index contributed by atoms with van der Waals surface area (Å²) >= 11 is 0. The van der Waals surface area contributed by atoms with Gasteiger partial charge in [0.05, 0.1) is 0 Å². The third kappa shape index (κ3) is 3.37. The van der Waals surface area contributed by atoms with Crippen LogP contribution in [0.3, 0.4) is 0 Å². The number of hydrogen-bond acceptors (Lipinski definition) is 2. The van der Waals surface area contributed by atoms with Gasteiger partial charge in [0.15, 0.2) is 5.78 Å². The molecule has 0 N–H and O–H groups in total. The molecule has 0 spiro atoms. The molecule has 1 aliphatic heterocycles. The normalized spacial score (nSPS) is 20.7. The molecule has 0 saturated carbocycles. The lowest BCUT2D eigenvalue weighted by Gasteiger charge is -2.14. The Hall–Kier alpha value is -1.22. The number of Topliss-reactive ketones (excluding diaryl/α,β-unsaturated/α-hetero) is 1. The molecule has 0 radical (unpaired) electrons. The quantitative estimate of drug-likeness (QED) is 0.748. The SMILES string of the molecule is CC1CCN(CCC(=O)c2cccc(F)c2)C1. The van der Waals surface area contributed by atoms with Gasteiger partial charge in [-0.05, 0) is 31.0 Å². The fourth-order valence-electron chi connectivity index (χ4n) is 2.30. The second-order valence-corrected chi connectivity index (χ2v) is 4.88. The minimum Gasteiger partial charge on any atom is -0.303 e. The molecule has 1 heterocycles. The summed E-state index contributed by atoms with van der Waals surface area (Å²) in [6.07, 6.45) is 1.70. The second kappa shape index (κ2) is 5.41. The van der Waals surface area contributed by atoms with Crippen LogP contribution in [0.4, 0.5) is 4.39 Å². The van der Waals surface area contributed by atoms with Crippen LogP contribution in [-0.4, -0.2) is 30.3 Å². The Labute approximate surface area is 101 Å². The third-order valence-corrected chi connectivity index (χ3v) is 3.31. The van der Waals surface area contributed by atoms with E-state index in [4.69, 9.17) is 0 Å². The molecule has 1 aromatic rings. The van der Waals surface area contributed by atoms with Gasteiger partial charge in [-0.3, -0.25) is 4.79 Å². The fourth-order valence-corrected chi connectivity index (χ4v) is 2.30. The first-order chi connectivity index (χ1) is 8.15. The summed E-state index contributed by atoms with van der Waals surface area (Å²) in [7, 11) is 0. The van der Waals surface area contributed by atoms with Crippen molar-refractivity contribution in [3.63, 3.8) is 0 Å². The lowest BCUT2D eigenvalue weighted by molar-refractivity contribution is 0.0968. The van der Waals surface area contributed by atoms with Gasteiger partial charge in [-0.25, -0.2) is 4.39 Å². The Morgan fingerprint density at radius 1 is 1.53 bits per heavy atom. The highest BCUT2D eigenvalue weighted by molar-refractivity contribution is 5.96. The molecule has 1 saturated heterocycles. The van der Waals surface area contributed by atoms with E-state index in [1.54, 1.807) is 12.1 Å². The molecule has 0 amide bonds. The standard InChI is InChI=1S/C14H18FNO/c1-11-5-7-16(10-11)8-6-14(17)12-3-2-4-13(15)9-12/h2-4,9,11H,5-8,10H2,1H3. The average Bonchev–Trinajstić information content (AvgIpc) is 2.72. The lowest BCUT2D eigenvalue weighted by Crippen LogP contribution is -2.23. The monoisotopic (exact) mass is 235 g/mol. The summed E-state index contributed by atoms with van der Waals surface area (Å²) in [5.74, 6) is 0.425. The highest BCUT2D eigenvalue weighted by atomic mass is 19.1. The minimum absolute atomic E-state index is 0.0315. The molecule has 1 unspecified atom stereocenters. The van der Waals surface area contributed by atoms with Crippen LogP contribution in [0.25, 0.3) is 0 Å². The molecule has 1 aliphatic rings. The summed E-state index contributed by atoms with van der Waals surface area (Å²) in [5, 5.41) is 0. The van der Waals surface area contributed by atoms with E-state index in [1.165, 1.54) is 18.6 Å². The maximum Gasteiger partial charge on any atom is 0.164 e. The number of benzene rings is 1. The Bertz CT molecular complexity index is 405. The minimum atomic E-state index is -0.342. The van der Waals surface area contributed by atoms with Gasteiger partial charge < -0.3 is 4.90 Å². The highest BCUT2D eigenvalue weighted by Crippen LogP contribution is 2.15. The van der Waals surface area contributed by atoms with Gasteiger partial charge in [-0.15, -0.1) is 0 Å². The van der Waals surface area contributed by atoms with Gasteiger partial charge in [0.2, 0.25) is 0 Å². The van der Waals surface area contributed by atoms with Crippen LogP contribution < -0.4 is 0 Å². The highest BCUT2D eigenvalue weighted by Gasteiger charge is 2.19. The topological polar surface area (TPSA) is 20.3 Å². The first kappa shape index (κ1) is 12.2. The van der Waals surface area contributed by atoms with Crippen LogP contribution >= 0.6 is 0 Å². The number of hydrogen-bond donors (Lipinski definition) is 0. The number of ketones is 1. The van der Waals surface area contributed by atoms with Crippen molar-refractivity contribution in [1.82, 2.24) is 4.90 Å². The largest absolute Gasteiger partial charge is 0.303 e. The number of carbonyl (C=O) groups is 1. The Balaban J connectivity index is 1.85. The zero-order valence-electron chi connectivity index (χ0n) is 10.2. The van der Waals surface area contributed by atoms with E-state index >= 15 is 0 Å². The van der Waals surface area contributed by atoms with Crippen molar-refractivity contribution in [3.05, 3.63) is 35.6 Å². The molecule has 17 heavy (non-hydrogen) atoms. The predicted octanol–water partition coefficient (Wildman–Crippen LogP) is 2.74. The molecule has 0 bridgehead atoms. The van der Waals surface area contributed by atoms with Crippen molar-refractivity contribution >= 4 is 5.78 Å². The van der Waals surface area contributed by atoms with Crippen LogP contribution in [0.15, 0.2) is 24.3 Å². The fraction of sp³-hybridized carbons (Fsp3) is 0.500. The number of nitrogens with zero attached hydrogens (tertiary/aromatic N) is 1. The summed E-state index contributed by atoms with van der Waals surface area (Å²) in [4.78, 5) is 14.1. The second-order valence-electron chi connectivity index (χ2n) is 4.88. The molecule has 0 aliphatic carbocycles. The molecule has 1 fully saturated rings. The maximum atomic E-state index is 13.0. The van der Waals surface area contributed by atoms with Crippen LogP contribution in [0.2, 0.25) is 0 Å². The molecule has 2 nitrogen and oxygen atoms in total. The van der Waals surface area contributed by atoms with E-state index in [0.717, 1.165) is 25.6 Å². The third-order valence-electron chi connectivity index (χ3n) is 3.31. The van der Waals surface area contributed by atoms with Gasteiger partial charge in [-0.1, -0.05) is 19.1 Å². The average molecular weight is 235 g/mol. The Kier molecular flexibility index (Phi) is 3.89. The van der Waals surface area contributed by atoms with Crippen LogP contribution in [0, 0.1) is 11.7 Å². The molecular formula is C14H18FNO. The number of likely N-dealkylation sites (tertiary alicyclic amines) is 1.